The van der Waals surface area contributed by atoms with E-state index in [2.05, 4.69) is 10.1 Å². The normalized spacial score (nSPS) is 10.1. The molecule has 0 saturated heterocycles. The fourth-order valence-corrected chi connectivity index (χ4v) is 1.24. The first kappa shape index (κ1) is 9.39. The molecule has 0 saturated carbocycles. The molecule has 0 aliphatic carbocycles. The summed E-state index contributed by atoms with van der Waals surface area (Å²) in [5, 5.41) is 3.93. The van der Waals surface area contributed by atoms with Crippen LogP contribution in [0.25, 0.3) is 0 Å². The molecular weight excluding hydrogens is 192 g/mol. The fraction of sp³-hybridized carbons (Fsp3) is 0.100. The molecule has 0 aliphatic rings. The SMILES string of the molecule is Nc1ccnc(Cn2ncccc2=O)c1. The molecule has 0 aliphatic heterocycles. The van der Waals surface area contributed by atoms with Gasteiger partial charge < -0.3 is 5.73 Å². The van der Waals surface area contributed by atoms with Crippen LogP contribution in [0.15, 0.2) is 41.5 Å². The maximum atomic E-state index is 11.3. The molecule has 2 aromatic rings. The molecule has 0 radical (unpaired) electrons. The number of hydrogen-bond acceptors (Lipinski definition) is 4. The lowest BCUT2D eigenvalue weighted by Gasteiger charge is -2.03. The zero-order valence-electron chi connectivity index (χ0n) is 8.00. The van der Waals surface area contributed by atoms with Crippen molar-refractivity contribution in [1.29, 1.82) is 0 Å². The van der Waals surface area contributed by atoms with Gasteiger partial charge in [-0.3, -0.25) is 9.78 Å². The second-order valence-corrected chi connectivity index (χ2v) is 3.10. The Kier molecular flexibility index (Phi) is 2.45. The van der Waals surface area contributed by atoms with Gasteiger partial charge >= 0.3 is 0 Å². The quantitative estimate of drug-likeness (QED) is 0.758. The molecule has 0 aromatic carbocycles. The van der Waals surface area contributed by atoms with Gasteiger partial charge in [0.15, 0.2) is 0 Å². The highest BCUT2D eigenvalue weighted by molar-refractivity contribution is 5.37. The molecule has 5 heteroatoms. The molecule has 2 N–H and O–H groups in total. The van der Waals surface area contributed by atoms with Crippen molar-refractivity contribution in [2.75, 3.05) is 5.73 Å². The van der Waals surface area contributed by atoms with Crippen molar-refractivity contribution in [3.63, 3.8) is 0 Å². The van der Waals surface area contributed by atoms with Crippen LogP contribution in [-0.2, 0) is 6.54 Å². The summed E-state index contributed by atoms with van der Waals surface area (Å²) in [6.45, 7) is 0.338. The minimum atomic E-state index is -0.151. The van der Waals surface area contributed by atoms with E-state index in [1.807, 2.05) is 0 Å². The Morgan fingerprint density at radius 2 is 2.20 bits per heavy atom. The molecule has 2 rings (SSSR count). The van der Waals surface area contributed by atoms with Crippen LogP contribution < -0.4 is 11.3 Å². The molecule has 5 nitrogen and oxygen atoms in total. The summed E-state index contributed by atoms with van der Waals surface area (Å²) in [7, 11) is 0. The summed E-state index contributed by atoms with van der Waals surface area (Å²) in [5.74, 6) is 0. The van der Waals surface area contributed by atoms with Crippen molar-refractivity contribution in [3.05, 3.63) is 52.7 Å². The van der Waals surface area contributed by atoms with Gasteiger partial charge in [-0.25, -0.2) is 4.68 Å². The largest absolute Gasteiger partial charge is 0.399 e. The predicted molar refractivity (Wildman–Crippen MR) is 56.2 cm³/mol. The van der Waals surface area contributed by atoms with Gasteiger partial charge in [0.2, 0.25) is 0 Å². The van der Waals surface area contributed by atoms with E-state index in [0.717, 1.165) is 5.69 Å². The topological polar surface area (TPSA) is 73.8 Å². The van der Waals surface area contributed by atoms with E-state index in [-0.39, 0.29) is 5.56 Å². The van der Waals surface area contributed by atoms with Crippen LogP contribution in [0.4, 0.5) is 5.69 Å². The minimum Gasteiger partial charge on any atom is -0.399 e. The van der Waals surface area contributed by atoms with Gasteiger partial charge in [0, 0.05) is 24.1 Å². The molecule has 76 valence electrons. The fourth-order valence-electron chi connectivity index (χ4n) is 1.24. The summed E-state index contributed by atoms with van der Waals surface area (Å²) < 4.78 is 1.34. The van der Waals surface area contributed by atoms with Crippen molar-refractivity contribution in [3.8, 4) is 0 Å². The zero-order chi connectivity index (χ0) is 10.7. The lowest BCUT2D eigenvalue weighted by atomic mass is 10.3. The first-order valence-corrected chi connectivity index (χ1v) is 4.48. The number of aromatic nitrogens is 3. The Labute approximate surface area is 86.2 Å². The molecule has 2 aromatic heterocycles. The molecule has 15 heavy (non-hydrogen) atoms. The van der Waals surface area contributed by atoms with Gasteiger partial charge in [-0.2, -0.15) is 5.10 Å². The average molecular weight is 202 g/mol. The molecule has 0 atom stereocenters. The Balaban J connectivity index is 2.30. The first-order chi connectivity index (χ1) is 7.25. The summed E-state index contributed by atoms with van der Waals surface area (Å²) in [4.78, 5) is 15.4. The summed E-state index contributed by atoms with van der Waals surface area (Å²) in [5.41, 5.74) is 6.80. The van der Waals surface area contributed by atoms with Crippen molar-refractivity contribution < 1.29 is 0 Å². The van der Waals surface area contributed by atoms with Gasteiger partial charge in [-0.15, -0.1) is 0 Å². The molecular formula is C10H10N4O. The Morgan fingerprint density at radius 1 is 1.33 bits per heavy atom. The van der Waals surface area contributed by atoms with Gasteiger partial charge in [0.1, 0.15) is 0 Å². The maximum Gasteiger partial charge on any atom is 0.267 e. The van der Waals surface area contributed by atoms with Crippen LogP contribution in [-0.4, -0.2) is 14.8 Å². The van der Waals surface area contributed by atoms with Gasteiger partial charge in [0.05, 0.1) is 12.2 Å². The third-order valence-corrected chi connectivity index (χ3v) is 1.94. The van der Waals surface area contributed by atoms with E-state index < -0.39 is 0 Å². The van der Waals surface area contributed by atoms with Crippen molar-refractivity contribution in [2.45, 2.75) is 6.54 Å². The maximum absolute atomic E-state index is 11.3. The van der Waals surface area contributed by atoms with E-state index in [1.54, 1.807) is 30.6 Å². The van der Waals surface area contributed by atoms with Crippen LogP contribution in [0.5, 0.6) is 0 Å². The van der Waals surface area contributed by atoms with Crippen LogP contribution in [0.2, 0.25) is 0 Å². The molecule has 0 amide bonds. The summed E-state index contributed by atoms with van der Waals surface area (Å²) in [6, 6.07) is 6.48. The van der Waals surface area contributed by atoms with Gasteiger partial charge in [-0.1, -0.05) is 0 Å². The lowest BCUT2D eigenvalue weighted by Crippen LogP contribution is -2.22. The summed E-state index contributed by atoms with van der Waals surface area (Å²) >= 11 is 0. The number of nitrogens with two attached hydrogens (primary N) is 1. The molecule has 0 unspecified atom stereocenters. The monoisotopic (exact) mass is 202 g/mol. The van der Waals surface area contributed by atoms with Gasteiger partial charge in [-0.05, 0) is 18.2 Å². The third kappa shape index (κ3) is 2.19. The highest BCUT2D eigenvalue weighted by Crippen LogP contribution is 2.02. The standard InChI is InChI=1S/C10H10N4O/c11-8-3-5-12-9(6-8)7-14-10(15)2-1-4-13-14/h1-6H,7H2,(H2,11,12). The van der Waals surface area contributed by atoms with E-state index >= 15 is 0 Å². The van der Waals surface area contributed by atoms with E-state index in [1.165, 1.54) is 10.7 Å². The van der Waals surface area contributed by atoms with Crippen molar-refractivity contribution in [2.24, 2.45) is 0 Å². The number of pyridine rings is 1. The minimum absolute atomic E-state index is 0.151. The van der Waals surface area contributed by atoms with Gasteiger partial charge in [0.25, 0.3) is 5.56 Å². The molecule has 0 spiro atoms. The van der Waals surface area contributed by atoms with E-state index in [9.17, 15) is 4.79 Å². The number of nitrogens with zero attached hydrogens (tertiary/aromatic N) is 3. The van der Waals surface area contributed by atoms with Crippen LogP contribution in [0.1, 0.15) is 5.69 Å². The Morgan fingerprint density at radius 3 is 2.93 bits per heavy atom. The second kappa shape index (κ2) is 3.91. The smallest absolute Gasteiger partial charge is 0.267 e. The number of rotatable bonds is 2. The van der Waals surface area contributed by atoms with Crippen LogP contribution in [0, 0.1) is 0 Å². The summed E-state index contributed by atoms with van der Waals surface area (Å²) in [6.07, 6.45) is 3.17. The molecule has 0 fully saturated rings. The Bertz CT molecular complexity index is 521. The van der Waals surface area contributed by atoms with Crippen molar-refractivity contribution in [1.82, 2.24) is 14.8 Å². The zero-order valence-corrected chi connectivity index (χ0v) is 8.00. The van der Waals surface area contributed by atoms with E-state index in [4.69, 9.17) is 5.73 Å². The Hall–Kier alpha value is -2.17. The average Bonchev–Trinajstić information content (AvgIpc) is 2.22. The lowest BCUT2D eigenvalue weighted by molar-refractivity contribution is 0.628. The molecule has 2 heterocycles. The first-order valence-electron chi connectivity index (χ1n) is 4.48. The molecule has 0 bridgehead atoms. The van der Waals surface area contributed by atoms with Crippen LogP contribution >= 0.6 is 0 Å². The van der Waals surface area contributed by atoms with Crippen LogP contribution in [0.3, 0.4) is 0 Å². The number of anilines is 1. The third-order valence-electron chi connectivity index (χ3n) is 1.94. The highest BCUT2D eigenvalue weighted by Gasteiger charge is 1.99. The second-order valence-electron chi connectivity index (χ2n) is 3.10. The number of nitrogen functional groups attached to an aromatic ring is 1. The van der Waals surface area contributed by atoms with Crippen molar-refractivity contribution >= 4 is 5.69 Å². The van der Waals surface area contributed by atoms with E-state index in [0.29, 0.717) is 12.2 Å². The predicted octanol–water partition coefficient (Wildman–Crippen LogP) is 0.269. The highest BCUT2D eigenvalue weighted by atomic mass is 16.1. The number of hydrogen-bond donors (Lipinski definition) is 1.